The summed E-state index contributed by atoms with van der Waals surface area (Å²) in [5.41, 5.74) is 6.92. The predicted molar refractivity (Wildman–Crippen MR) is 62.6 cm³/mol. The van der Waals surface area contributed by atoms with Crippen LogP contribution in [0.4, 0.5) is 5.82 Å². The summed E-state index contributed by atoms with van der Waals surface area (Å²) >= 11 is 0. The van der Waals surface area contributed by atoms with Gasteiger partial charge in [0.25, 0.3) is 0 Å². The van der Waals surface area contributed by atoms with E-state index in [1.54, 1.807) is 17.9 Å². The Labute approximate surface area is 119 Å². The first-order chi connectivity index (χ1) is 8.58. The molecule has 0 aliphatic rings. The molecule has 0 aromatic carbocycles. The molecule has 19 heavy (non-hydrogen) atoms. The molecule has 3 aromatic rings. The number of aromatic nitrogens is 4. The molecule has 3 aromatic heterocycles. The minimum absolute atomic E-state index is 0. The van der Waals surface area contributed by atoms with Crippen LogP contribution in [0.15, 0.2) is 18.5 Å². The zero-order valence-corrected chi connectivity index (χ0v) is 10.4. The Morgan fingerprint density at radius 2 is 2.11 bits per heavy atom. The Morgan fingerprint density at radius 3 is 2.79 bits per heavy atom. The molecule has 3 rings (SSSR count). The molecule has 7 nitrogen and oxygen atoms in total. The fourth-order valence-electron chi connectivity index (χ4n) is 1.97. The maximum atomic E-state index is 10.8. The Hall–Kier alpha value is -2.10. The first-order valence-corrected chi connectivity index (χ1v) is 5.16. The normalized spacial score (nSPS) is 10.6. The Bertz CT molecular complexity index is 798. The fourth-order valence-corrected chi connectivity index (χ4v) is 1.97. The van der Waals surface area contributed by atoms with Gasteiger partial charge in [0.2, 0.25) is 0 Å². The summed E-state index contributed by atoms with van der Waals surface area (Å²) in [6.07, 6.45) is 2.96. The maximum Gasteiger partial charge on any atom is 1.00 e. The average molecular weight is 249 g/mol. The van der Waals surface area contributed by atoms with Crippen LogP contribution in [0.3, 0.4) is 0 Å². The van der Waals surface area contributed by atoms with Gasteiger partial charge in [-0.3, -0.25) is 9.67 Å². The summed E-state index contributed by atoms with van der Waals surface area (Å²) in [4.78, 5) is 18.8. The molecule has 0 aliphatic heterocycles. The van der Waals surface area contributed by atoms with Gasteiger partial charge in [-0.2, -0.15) is 5.10 Å². The van der Waals surface area contributed by atoms with Gasteiger partial charge in [-0.25, -0.2) is 4.98 Å². The van der Waals surface area contributed by atoms with Crippen LogP contribution in [0, 0.1) is 0 Å². The number of carbonyl (C=O) groups is 1. The van der Waals surface area contributed by atoms with Crippen LogP contribution in [0.25, 0.3) is 21.8 Å². The molecular weight excluding hydrogens is 241 g/mol. The second-order valence-electron chi connectivity index (χ2n) is 3.90. The molecule has 0 amide bonds. The number of carboxylic acid groups (broad SMARTS) is 1. The van der Waals surface area contributed by atoms with E-state index < -0.39 is 5.97 Å². The van der Waals surface area contributed by atoms with Crippen LogP contribution < -0.4 is 29.7 Å². The molecule has 0 fully saturated rings. The van der Waals surface area contributed by atoms with Crippen molar-refractivity contribution in [3.05, 3.63) is 24.2 Å². The molecule has 0 unspecified atom stereocenters. The van der Waals surface area contributed by atoms with Crippen LogP contribution in [-0.4, -0.2) is 25.7 Å². The molecule has 0 spiro atoms. The summed E-state index contributed by atoms with van der Waals surface area (Å²) in [5, 5.41) is 16.2. The predicted octanol–water partition coefficient (Wildman–Crippen LogP) is -3.53. The van der Waals surface area contributed by atoms with Gasteiger partial charge in [-0.05, 0) is 6.07 Å². The number of carbonyl (C=O) groups excluding carboxylic acids is 1. The third-order valence-corrected chi connectivity index (χ3v) is 2.80. The van der Waals surface area contributed by atoms with Gasteiger partial charge in [-0.15, -0.1) is 0 Å². The van der Waals surface area contributed by atoms with Crippen LogP contribution in [0.1, 0.15) is 10.5 Å². The average Bonchev–Trinajstić information content (AvgIpc) is 2.72. The number of nitrogens with zero attached hydrogens (tertiary/aromatic N) is 4. The van der Waals surface area contributed by atoms with Gasteiger partial charge in [0, 0.05) is 12.4 Å². The van der Waals surface area contributed by atoms with Crippen molar-refractivity contribution in [1.82, 2.24) is 19.7 Å². The van der Waals surface area contributed by atoms with Crippen molar-refractivity contribution < 1.29 is 28.8 Å². The van der Waals surface area contributed by atoms with Crippen LogP contribution >= 0.6 is 0 Å². The van der Waals surface area contributed by atoms with Crippen molar-refractivity contribution in [3.8, 4) is 0 Å². The smallest absolute Gasteiger partial charge is 0.543 e. The van der Waals surface area contributed by atoms with Crippen molar-refractivity contribution in [1.29, 1.82) is 0 Å². The van der Waals surface area contributed by atoms with E-state index in [1.807, 2.05) is 0 Å². The zero-order chi connectivity index (χ0) is 12.9. The second-order valence-corrected chi connectivity index (χ2v) is 3.90. The third-order valence-electron chi connectivity index (χ3n) is 2.80. The number of pyridine rings is 2. The summed E-state index contributed by atoms with van der Waals surface area (Å²) < 4.78 is 1.62. The number of nitrogen functional groups attached to an aromatic ring is 1. The Morgan fingerprint density at radius 1 is 1.37 bits per heavy atom. The van der Waals surface area contributed by atoms with Crippen LogP contribution in [-0.2, 0) is 7.05 Å². The third kappa shape index (κ3) is 1.93. The molecule has 90 valence electrons. The number of aromatic carboxylic acids is 1. The van der Waals surface area contributed by atoms with E-state index in [0.29, 0.717) is 22.1 Å². The maximum absolute atomic E-state index is 10.8. The molecule has 0 saturated carbocycles. The number of rotatable bonds is 1. The summed E-state index contributed by atoms with van der Waals surface area (Å²) in [7, 11) is 1.75. The number of aryl methyl sites for hydroxylation is 1. The number of carboxylic acids is 1. The monoisotopic (exact) mass is 249 g/mol. The van der Waals surface area contributed by atoms with Gasteiger partial charge in [0.1, 0.15) is 5.82 Å². The summed E-state index contributed by atoms with van der Waals surface area (Å²) in [6, 6.07) is 1.42. The van der Waals surface area contributed by atoms with Crippen molar-refractivity contribution in [2.45, 2.75) is 0 Å². The van der Waals surface area contributed by atoms with E-state index in [-0.39, 0.29) is 24.6 Å². The largest absolute Gasteiger partial charge is 1.00 e. The van der Waals surface area contributed by atoms with Gasteiger partial charge in [0.15, 0.2) is 0 Å². The van der Waals surface area contributed by atoms with Crippen molar-refractivity contribution in [2.75, 3.05) is 5.73 Å². The molecule has 0 atom stereocenters. The van der Waals surface area contributed by atoms with Gasteiger partial charge >= 0.3 is 18.9 Å². The number of nitrogens with two attached hydrogens (primary N) is 1. The van der Waals surface area contributed by atoms with Crippen molar-refractivity contribution >= 4 is 33.6 Å². The quantitative estimate of drug-likeness (QED) is 0.447. The fraction of sp³-hybridized carbons (Fsp3) is 0.0909. The second kappa shape index (κ2) is 4.53. The standard InChI is InChI=1S/C11H9N5O2.Li/c1-16-9-5-2-7(11(17)18)13-4-8(5)15-10(12)6(9)3-14-16;/h2-4H,1H3,(H2,12,15)(H,17,18);/q;+1/p-1. The van der Waals surface area contributed by atoms with E-state index in [1.165, 1.54) is 12.3 Å². The summed E-state index contributed by atoms with van der Waals surface area (Å²) in [5.74, 6) is -0.988. The Kier molecular flexibility index (Phi) is 3.18. The molecule has 3 heterocycles. The number of hydrogen-bond donors (Lipinski definition) is 1. The first kappa shape index (κ1) is 13.3. The van der Waals surface area contributed by atoms with Gasteiger partial charge in [0.05, 0.1) is 40.5 Å². The van der Waals surface area contributed by atoms with E-state index in [2.05, 4.69) is 15.1 Å². The van der Waals surface area contributed by atoms with Crippen LogP contribution in [0.2, 0.25) is 0 Å². The number of anilines is 1. The zero-order valence-electron chi connectivity index (χ0n) is 10.4. The number of hydrogen-bond acceptors (Lipinski definition) is 6. The minimum atomic E-state index is -1.33. The minimum Gasteiger partial charge on any atom is -0.543 e. The topological polar surface area (TPSA) is 110 Å². The number of fused-ring (bicyclic) bond motifs is 3. The molecule has 0 saturated heterocycles. The molecule has 0 aliphatic carbocycles. The molecule has 8 heteroatoms. The molecule has 0 radical (unpaired) electrons. The molecule has 2 N–H and O–H groups in total. The van der Waals surface area contributed by atoms with Crippen molar-refractivity contribution in [2.24, 2.45) is 7.05 Å². The van der Waals surface area contributed by atoms with Gasteiger partial charge in [-0.1, -0.05) is 0 Å². The van der Waals surface area contributed by atoms with Gasteiger partial charge < -0.3 is 15.6 Å². The van der Waals surface area contributed by atoms with Crippen molar-refractivity contribution in [3.63, 3.8) is 0 Å². The van der Waals surface area contributed by atoms with E-state index in [4.69, 9.17) is 5.73 Å². The molecule has 0 bridgehead atoms. The summed E-state index contributed by atoms with van der Waals surface area (Å²) in [6.45, 7) is 0. The van der Waals surface area contributed by atoms with E-state index in [0.717, 1.165) is 5.52 Å². The Balaban J connectivity index is 0.00000133. The van der Waals surface area contributed by atoms with E-state index >= 15 is 0 Å². The van der Waals surface area contributed by atoms with E-state index in [9.17, 15) is 9.90 Å². The SMILES string of the molecule is Cn1ncc2c(N)nc3cnc(C(=O)[O-])cc3c21.[Li+]. The van der Waals surface area contributed by atoms with Crippen LogP contribution in [0.5, 0.6) is 0 Å². The molecular formula is C11H8LiN5O2. The first-order valence-electron chi connectivity index (χ1n) is 5.16.